The van der Waals surface area contributed by atoms with Crippen LogP contribution in [-0.4, -0.2) is 60.8 Å². The monoisotopic (exact) mass is 361 g/mol. The highest BCUT2D eigenvalue weighted by molar-refractivity contribution is 6.30. The summed E-state index contributed by atoms with van der Waals surface area (Å²) in [5.41, 5.74) is 1.21. The van der Waals surface area contributed by atoms with E-state index in [-0.39, 0.29) is 0 Å². The van der Waals surface area contributed by atoms with Gasteiger partial charge in [0.25, 0.3) is 0 Å². The SMILES string of the molecule is Clc1cccc(CCNc2cc(NCCN3CCOCC3)ncn2)c1. The van der Waals surface area contributed by atoms with Crippen molar-refractivity contribution < 1.29 is 4.74 Å². The van der Waals surface area contributed by atoms with Crippen LogP contribution in [0.4, 0.5) is 11.6 Å². The molecule has 1 aromatic heterocycles. The van der Waals surface area contributed by atoms with Gasteiger partial charge in [0.2, 0.25) is 0 Å². The van der Waals surface area contributed by atoms with Gasteiger partial charge in [-0.3, -0.25) is 4.90 Å². The third kappa shape index (κ3) is 6.16. The van der Waals surface area contributed by atoms with Crippen molar-refractivity contribution in [3.05, 3.63) is 47.2 Å². The molecule has 0 amide bonds. The minimum atomic E-state index is 0.770. The number of aromatic nitrogens is 2. The van der Waals surface area contributed by atoms with Gasteiger partial charge < -0.3 is 15.4 Å². The molecule has 1 aliphatic heterocycles. The summed E-state index contributed by atoms with van der Waals surface area (Å²) >= 11 is 6.01. The standard InChI is InChI=1S/C18H24ClN5O/c19-16-3-1-2-15(12-16)4-5-20-17-13-18(23-14-22-17)21-6-7-24-8-10-25-11-9-24/h1-3,12-14H,4-11H2,(H2,20,21,22,23). The highest BCUT2D eigenvalue weighted by Gasteiger charge is 2.09. The van der Waals surface area contributed by atoms with Crippen LogP contribution in [0, 0.1) is 0 Å². The van der Waals surface area contributed by atoms with Crippen LogP contribution >= 0.6 is 11.6 Å². The molecule has 0 radical (unpaired) electrons. The van der Waals surface area contributed by atoms with Gasteiger partial charge in [-0.05, 0) is 24.1 Å². The minimum absolute atomic E-state index is 0.770. The lowest BCUT2D eigenvalue weighted by atomic mass is 10.1. The molecule has 1 aliphatic rings. The lowest BCUT2D eigenvalue weighted by molar-refractivity contribution is 0.0398. The van der Waals surface area contributed by atoms with Crippen molar-refractivity contribution in [2.24, 2.45) is 0 Å². The van der Waals surface area contributed by atoms with Crippen LogP contribution in [0.5, 0.6) is 0 Å². The fourth-order valence-corrected chi connectivity index (χ4v) is 2.96. The lowest BCUT2D eigenvalue weighted by Crippen LogP contribution is -2.39. The molecule has 2 aromatic rings. The molecule has 3 rings (SSSR count). The average molecular weight is 362 g/mol. The van der Waals surface area contributed by atoms with Crippen LogP contribution in [0.1, 0.15) is 5.56 Å². The number of benzene rings is 1. The number of halogens is 1. The van der Waals surface area contributed by atoms with Crippen LogP contribution in [-0.2, 0) is 11.2 Å². The Morgan fingerprint density at radius 1 is 1.04 bits per heavy atom. The molecule has 0 aliphatic carbocycles. The first kappa shape index (κ1) is 17.9. The van der Waals surface area contributed by atoms with Gasteiger partial charge >= 0.3 is 0 Å². The van der Waals surface area contributed by atoms with E-state index in [0.717, 1.165) is 69.0 Å². The molecule has 1 aromatic carbocycles. The summed E-state index contributed by atoms with van der Waals surface area (Å²) in [4.78, 5) is 10.9. The van der Waals surface area contributed by atoms with Gasteiger partial charge in [0, 0.05) is 43.8 Å². The Bertz CT molecular complexity index is 663. The lowest BCUT2D eigenvalue weighted by Gasteiger charge is -2.26. The molecule has 0 atom stereocenters. The molecule has 0 saturated carbocycles. The number of hydrogen-bond donors (Lipinski definition) is 2. The summed E-state index contributed by atoms with van der Waals surface area (Å²) in [6, 6.07) is 9.86. The molecular formula is C18H24ClN5O. The molecule has 7 heteroatoms. The number of morpholine rings is 1. The van der Waals surface area contributed by atoms with Gasteiger partial charge in [-0.2, -0.15) is 0 Å². The van der Waals surface area contributed by atoms with Gasteiger partial charge in [-0.15, -0.1) is 0 Å². The molecule has 6 nitrogen and oxygen atoms in total. The van der Waals surface area contributed by atoms with Gasteiger partial charge in [-0.25, -0.2) is 9.97 Å². The van der Waals surface area contributed by atoms with Crippen molar-refractivity contribution in [2.45, 2.75) is 6.42 Å². The first-order valence-electron chi connectivity index (χ1n) is 8.64. The zero-order chi connectivity index (χ0) is 17.3. The molecule has 0 bridgehead atoms. The van der Waals surface area contributed by atoms with E-state index < -0.39 is 0 Å². The fraction of sp³-hybridized carbons (Fsp3) is 0.444. The predicted octanol–water partition coefficient (Wildman–Crippen LogP) is 2.53. The van der Waals surface area contributed by atoms with Gasteiger partial charge in [-0.1, -0.05) is 23.7 Å². The van der Waals surface area contributed by atoms with E-state index in [1.807, 2.05) is 24.3 Å². The quantitative estimate of drug-likeness (QED) is 0.753. The van der Waals surface area contributed by atoms with Crippen LogP contribution < -0.4 is 10.6 Å². The molecule has 2 N–H and O–H groups in total. The van der Waals surface area contributed by atoms with Crippen molar-refractivity contribution in [1.82, 2.24) is 14.9 Å². The summed E-state index contributed by atoms with van der Waals surface area (Å²) in [5.74, 6) is 1.67. The Morgan fingerprint density at radius 2 is 1.80 bits per heavy atom. The number of ether oxygens (including phenoxy) is 1. The number of rotatable bonds is 8. The van der Waals surface area contributed by atoms with E-state index in [0.29, 0.717) is 0 Å². The Kier molecular flexibility index (Phi) is 6.85. The van der Waals surface area contributed by atoms with E-state index in [1.165, 1.54) is 5.56 Å². The third-order valence-electron chi connectivity index (χ3n) is 4.11. The van der Waals surface area contributed by atoms with Crippen molar-refractivity contribution in [1.29, 1.82) is 0 Å². The Morgan fingerprint density at radius 3 is 2.56 bits per heavy atom. The third-order valence-corrected chi connectivity index (χ3v) is 4.35. The maximum Gasteiger partial charge on any atom is 0.131 e. The second-order valence-corrected chi connectivity index (χ2v) is 6.41. The summed E-state index contributed by atoms with van der Waals surface area (Å²) < 4.78 is 5.36. The molecule has 1 fully saturated rings. The smallest absolute Gasteiger partial charge is 0.131 e. The molecule has 0 spiro atoms. The normalized spacial score (nSPS) is 15.1. The second kappa shape index (κ2) is 9.56. The first-order valence-corrected chi connectivity index (χ1v) is 9.02. The van der Waals surface area contributed by atoms with Crippen molar-refractivity contribution in [2.75, 3.05) is 56.6 Å². The summed E-state index contributed by atoms with van der Waals surface area (Å²) in [6.07, 6.45) is 2.48. The second-order valence-electron chi connectivity index (χ2n) is 5.98. The number of nitrogens with zero attached hydrogens (tertiary/aromatic N) is 3. The molecular weight excluding hydrogens is 338 g/mol. The summed E-state index contributed by atoms with van der Waals surface area (Å²) in [5, 5.41) is 7.46. The maximum absolute atomic E-state index is 6.01. The number of nitrogens with one attached hydrogen (secondary N) is 2. The highest BCUT2D eigenvalue weighted by atomic mass is 35.5. The zero-order valence-electron chi connectivity index (χ0n) is 14.2. The number of hydrogen-bond acceptors (Lipinski definition) is 6. The topological polar surface area (TPSA) is 62.3 Å². The summed E-state index contributed by atoms with van der Waals surface area (Å²) in [7, 11) is 0. The van der Waals surface area contributed by atoms with Crippen molar-refractivity contribution in [3.8, 4) is 0 Å². The Balaban J connectivity index is 1.41. The zero-order valence-corrected chi connectivity index (χ0v) is 15.0. The molecule has 1 saturated heterocycles. The maximum atomic E-state index is 6.01. The molecule has 134 valence electrons. The van der Waals surface area contributed by atoms with E-state index in [1.54, 1.807) is 6.33 Å². The minimum Gasteiger partial charge on any atom is -0.379 e. The number of anilines is 2. The largest absolute Gasteiger partial charge is 0.379 e. The van der Waals surface area contributed by atoms with Crippen LogP contribution in [0.15, 0.2) is 36.7 Å². The van der Waals surface area contributed by atoms with E-state index >= 15 is 0 Å². The van der Waals surface area contributed by atoms with Crippen LogP contribution in [0.25, 0.3) is 0 Å². The van der Waals surface area contributed by atoms with Gasteiger partial charge in [0.15, 0.2) is 0 Å². The van der Waals surface area contributed by atoms with Crippen LogP contribution in [0.3, 0.4) is 0 Å². The highest BCUT2D eigenvalue weighted by Crippen LogP contribution is 2.12. The fourth-order valence-electron chi connectivity index (χ4n) is 2.74. The predicted molar refractivity (Wildman–Crippen MR) is 101 cm³/mol. The Labute approximate surface area is 153 Å². The van der Waals surface area contributed by atoms with E-state index in [9.17, 15) is 0 Å². The van der Waals surface area contributed by atoms with E-state index in [4.69, 9.17) is 16.3 Å². The summed E-state index contributed by atoms with van der Waals surface area (Å²) in [6.45, 7) is 6.31. The van der Waals surface area contributed by atoms with E-state index in [2.05, 4.69) is 31.6 Å². The first-order chi connectivity index (χ1) is 12.3. The molecule has 0 unspecified atom stereocenters. The van der Waals surface area contributed by atoms with Crippen molar-refractivity contribution in [3.63, 3.8) is 0 Å². The Hall–Kier alpha value is -1.89. The molecule has 25 heavy (non-hydrogen) atoms. The van der Waals surface area contributed by atoms with Crippen molar-refractivity contribution >= 4 is 23.2 Å². The van der Waals surface area contributed by atoms with Gasteiger partial charge in [0.05, 0.1) is 13.2 Å². The molecule has 2 heterocycles. The average Bonchev–Trinajstić information content (AvgIpc) is 2.63. The van der Waals surface area contributed by atoms with Gasteiger partial charge in [0.1, 0.15) is 18.0 Å². The van der Waals surface area contributed by atoms with Crippen LogP contribution in [0.2, 0.25) is 5.02 Å².